The van der Waals surface area contributed by atoms with Gasteiger partial charge in [-0.1, -0.05) is 42.5 Å². The first kappa shape index (κ1) is 22.2. The van der Waals surface area contributed by atoms with Crippen LogP contribution in [0.4, 0.5) is 0 Å². The van der Waals surface area contributed by atoms with Crippen molar-refractivity contribution in [1.29, 1.82) is 0 Å². The molecule has 0 radical (unpaired) electrons. The van der Waals surface area contributed by atoms with Crippen LogP contribution in [0.3, 0.4) is 0 Å². The minimum absolute atomic E-state index is 0.0388. The van der Waals surface area contributed by atoms with Gasteiger partial charge in [-0.2, -0.15) is 9.40 Å². The molecule has 0 spiro atoms. The monoisotopic (exact) mass is 475 g/mol. The van der Waals surface area contributed by atoms with Crippen LogP contribution in [0.5, 0.6) is 0 Å². The fourth-order valence-electron chi connectivity index (χ4n) is 4.28. The van der Waals surface area contributed by atoms with Crippen LogP contribution < -0.4 is 5.32 Å². The highest BCUT2D eigenvalue weighted by atomic mass is 32.2. The van der Waals surface area contributed by atoms with Crippen LogP contribution in [0.1, 0.15) is 18.4 Å². The highest BCUT2D eigenvalue weighted by molar-refractivity contribution is 7.89. The van der Waals surface area contributed by atoms with Crippen molar-refractivity contribution in [1.82, 2.24) is 24.4 Å². The van der Waals surface area contributed by atoms with E-state index in [1.807, 2.05) is 54.6 Å². The van der Waals surface area contributed by atoms with E-state index in [0.29, 0.717) is 37.4 Å². The van der Waals surface area contributed by atoms with Gasteiger partial charge in [0.1, 0.15) is 12.7 Å². The third-order valence-electron chi connectivity index (χ3n) is 6.27. The number of nitrogens with one attached hydrogen (secondary N) is 1. The fourth-order valence-corrected chi connectivity index (χ4v) is 5.78. The molecule has 4 aromatic rings. The number of nitrogens with zero attached hydrogens (tertiary/aromatic N) is 4. The summed E-state index contributed by atoms with van der Waals surface area (Å²) in [5.74, 6) is -0.236. The van der Waals surface area contributed by atoms with Gasteiger partial charge < -0.3 is 5.32 Å². The van der Waals surface area contributed by atoms with Crippen molar-refractivity contribution in [3.63, 3.8) is 0 Å². The summed E-state index contributed by atoms with van der Waals surface area (Å²) in [6, 6.07) is 20.6. The van der Waals surface area contributed by atoms with Crippen molar-refractivity contribution in [3.8, 4) is 5.69 Å². The summed E-state index contributed by atoms with van der Waals surface area (Å²) in [4.78, 5) is 16.9. The molecule has 34 heavy (non-hydrogen) atoms. The molecule has 0 atom stereocenters. The van der Waals surface area contributed by atoms with Crippen molar-refractivity contribution in [2.45, 2.75) is 24.3 Å². The molecule has 1 saturated heterocycles. The number of amides is 1. The molecular weight excluding hydrogens is 450 g/mol. The second-order valence-corrected chi connectivity index (χ2v) is 10.3. The smallest absolute Gasteiger partial charge is 0.243 e. The zero-order valence-corrected chi connectivity index (χ0v) is 19.4. The number of rotatable bonds is 6. The number of fused-ring (bicyclic) bond motifs is 1. The Kier molecular flexibility index (Phi) is 6.12. The van der Waals surface area contributed by atoms with Gasteiger partial charge in [-0.05, 0) is 53.4 Å². The van der Waals surface area contributed by atoms with Gasteiger partial charge in [-0.15, -0.1) is 0 Å². The third kappa shape index (κ3) is 4.57. The lowest BCUT2D eigenvalue weighted by Crippen LogP contribution is -2.42. The molecular formula is C25H25N5O3S. The quantitative estimate of drug-likeness (QED) is 0.462. The molecule has 2 heterocycles. The lowest BCUT2D eigenvalue weighted by Gasteiger charge is -2.30. The average Bonchev–Trinajstić information content (AvgIpc) is 3.42. The zero-order chi connectivity index (χ0) is 23.5. The Bertz CT molecular complexity index is 1390. The number of sulfonamides is 1. The molecule has 0 aliphatic carbocycles. The molecule has 1 fully saturated rings. The van der Waals surface area contributed by atoms with Crippen LogP contribution in [-0.2, 0) is 21.4 Å². The standard InChI is InChI=1S/C25H25N5O3S/c31-25(27-16-19-5-8-23(9-6-19)30-18-26-17-28-30)21-11-13-29(14-12-21)34(32,33)24-10-7-20-3-1-2-4-22(20)15-24/h1-10,15,17-18,21H,11-14,16H2,(H,27,31). The normalized spacial score (nSPS) is 15.4. The zero-order valence-electron chi connectivity index (χ0n) is 18.5. The Morgan fingerprint density at radius 1 is 0.971 bits per heavy atom. The van der Waals surface area contributed by atoms with E-state index in [1.54, 1.807) is 23.1 Å². The second kappa shape index (κ2) is 9.36. The van der Waals surface area contributed by atoms with E-state index in [4.69, 9.17) is 0 Å². The van der Waals surface area contributed by atoms with E-state index >= 15 is 0 Å². The Morgan fingerprint density at radius 2 is 1.71 bits per heavy atom. The van der Waals surface area contributed by atoms with Crippen LogP contribution in [-0.4, -0.2) is 46.5 Å². The van der Waals surface area contributed by atoms with Crippen LogP contribution >= 0.6 is 0 Å². The van der Waals surface area contributed by atoms with Gasteiger partial charge in [0.25, 0.3) is 0 Å². The SMILES string of the molecule is O=C(NCc1ccc(-n2cncn2)cc1)C1CCN(S(=O)(=O)c2ccc3ccccc3c2)CC1. The fraction of sp³-hybridized carbons (Fsp3) is 0.240. The minimum atomic E-state index is -3.59. The lowest BCUT2D eigenvalue weighted by molar-refractivity contribution is -0.126. The molecule has 5 rings (SSSR count). The van der Waals surface area contributed by atoms with E-state index in [1.165, 1.54) is 10.6 Å². The molecule has 1 amide bonds. The van der Waals surface area contributed by atoms with E-state index < -0.39 is 10.0 Å². The first-order valence-electron chi connectivity index (χ1n) is 11.2. The summed E-state index contributed by atoms with van der Waals surface area (Å²) in [5.41, 5.74) is 1.88. The van der Waals surface area contributed by atoms with E-state index in [2.05, 4.69) is 15.4 Å². The van der Waals surface area contributed by atoms with Gasteiger partial charge in [0.2, 0.25) is 15.9 Å². The number of aromatic nitrogens is 3. The Hall–Kier alpha value is -3.56. The largest absolute Gasteiger partial charge is 0.352 e. The van der Waals surface area contributed by atoms with E-state index in [0.717, 1.165) is 22.0 Å². The molecule has 0 saturated carbocycles. The Labute approximate surface area is 198 Å². The summed E-state index contributed by atoms with van der Waals surface area (Å²) >= 11 is 0. The van der Waals surface area contributed by atoms with E-state index in [9.17, 15) is 13.2 Å². The van der Waals surface area contributed by atoms with Crippen molar-refractivity contribution in [3.05, 3.63) is 84.9 Å². The summed E-state index contributed by atoms with van der Waals surface area (Å²) < 4.78 is 29.5. The molecule has 174 valence electrons. The molecule has 8 nitrogen and oxygen atoms in total. The first-order valence-corrected chi connectivity index (χ1v) is 12.7. The van der Waals surface area contributed by atoms with Gasteiger partial charge >= 0.3 is 0 Å². The van der Waals surface area contributed by atoms with Gasteiger partial charge in [0.05, 0.1) is 10.6 Å². The van der Waals surface area contributed by atoms with Crippen LogP contribution in [0.2, 0.25) is 0 Å². The summed E-state index contributed by atoms with van der Waals surface area (Å²) in [5, 5.41) is 8.98. The number of benzene rings is 3. The molecule has 0 unspecified atom stereocenters. The maximum absolute atomic E-state index is 13.1. The number of carbonyl (C=O) groups is 1. The summed E-state index contributed by atoms with van der Waals surface area (Å²) in [7, 11) is -3.59. The van der Waals surface area contributed by atoms with Gasteiger partial charge in [-0.3, -0.25) is 4.79 Å². The van der Waals surface area contributed by atoms with Crippen LogP contribution in [0, 0.1) is 5.92 Å². The molecule has 1 aromatic heterocycles. The predicted octanol–water partition coefficient (Wildman–Crippen LogP) is 3.14. The molecule has 1 N–H and O–H groups in total. The highest BCUT2D eigenvalue weighted by Crippen LogP contribution is 2.26. The maximum Gasteiger partial charge on any atom is 0.243 e. The number of carbonyl (C=O) groups excluding carboxylic acids is 1. The van der Waals surface area contributed by atoms with Gasteiger partial charge in [0.15, 0.2) is 0 Å². The average molecular weight is 476 g/mol. The molecule has 1 aliphatic rings. The topological polar surface area (TPSA) is 97.2 Å². The second-order valence-electron chi connectivity index (χ2n) is 8.41. The number of hydrogen-bond acceptors (Lipinski definition) is 5. The van der Waals surface area contributed by atoms with Crippen molar-refractivity contribution in [2.75, 3.05) is 13.1 Å². The maximum atomic E-state index is 13.1. The van der Waals surface area contributed by atoms with Crippen molar-refractivity contribution >= 4 is 26.7 Å². The van der Waals surface area contributed by atoms with Gasteiger partial charge in [-0.25, -0.2) is 18.1 Å². The van der Waals surface area contributed by atoms with Gasteiger partial charge in [0, 0.05) is 25.6 Å². The summed E-state index contributed by atoms with van der Waals surface area (Å²) in [6.45, 7) is 1.09. The first-order chi connectivity index (χ1) is 16.5. The van der Waals surface area contributed by atoms with Crippen molar-refractivity contribution < 1.29 is 13.2 Å². The highest BCUT2D eigenvalue weighted by Gasteiger charge is 2.32. The summed E-state index contributed by atoms with van der Waals surface area (Å²) in [6.07, 6.45) is 4.11. The van der Waals surface area contributed by atoms with E-state index in [-0.39, 0.29) is 11.8 Å². The molecule has 9 heteroatoms. The number of hydrogen-bond donors (Lipinski definition) is 1. The predicted molar refractivity (Wildman–Crippen MR) is 129 cm³/mol. The lowest BCUT2D eigenvalue weighted by atomic mass is 9.97. The van der Waals surface area contributed by atoms with Crippen LogP contribution in [0.25, 0.3) is 16.5 Å². The third-order valence-corrected chi connectivity index (χ3v) is 8.16. The Balaban J connectivity index is 1.16. The van der Waals surface area contributed by atoms with Crippen molar-refractivity contribution in [2.24, 2.45) is 5.92 Å². The van der Waals surface area contributed by atoms with Crippen LogP contribution in [0.15, 0.2) is 84.3 Å². The molecule has 1 aliphatic heterocycles. The molecule has 3 aromatic carbocycles. The Morgan fingerprint density at radius 3 is 2.41 bits per heavy atom. The number of piperidine rings is 1. The molecule has 0 bridgehead atoms. The minimum Gasteiger partial charge on any atom is -0.352 e.